The largest absolute Gasteiger partial charge is 0.466 e. The summed E-state index contributed by atoms with van der Waals surface area (Å²) in [5.74, 6) is 0.253. The number of carbonyl (C=O) groups excluding carboxylic acids is 1. The molecule has 5 heteroatoms. The molecule has 1 heterocycles. The van der Waals surface area contributed by atoms with Gasteiger partial charge in [-0.25, -0.2) is 4.79 Å². The Morgan fingerprint density at radius 2 is 2.04 bits per heavy atom. The summed E-state index contributed by atoms with van der Waals surface area (Å²) < 4.78 is 16.8. The zero-order valence-corrected chi connectivity index (χ0v) is 15.6. The Labute approximate surface area is 150 Å². The lowest BCUT2D eigenvalue weighted by Crippen LogP contribution is -2.50. The maximum atomic E-state index is 11.4. The molecule has 4 atom stereocenters. The quantitative estimate of drug-likeness (QED) is 0.587. The molecule has 1 aliphatic heterocycles. The van der Waals surface area contributed by atoms with E-state index in [1.165, 1.54) is 20.0 Å². The zero-order valence-electron chi connectivity index (χ0n) is 15.6. The van der Waals surface area contributed by atoms with Crippen LogP contribution in [0.25, 0.3) is 0 Å². The first-order valence-electron chi connectivity index (χ1n) is 9.63. The number of esters is 1. The topological polar surface area (TPSA) is 65.0 Å². The van der Waals surface area contributed by atoms with Crippen molar-refractivity contribution < 1.29 is 24.1 Å². The normalized spacial score (nSPS) is 34.7. The molecule has 2 saturated carbocycles. The summed E-state index contributed by atoms with van der Waals surface area (Å²) in [6, 6.07) is 0. The third-order valence-electron chi connectivity index (χ3n) is 6.88. The number of carbonyl (C=O) groups is 1. The van der Waals surface area contributed by atoms with Gasteiger partial charge < -0.3 is 19.3 Å². The van der Waals surface area contributed by atoms with Crippen molar-refractivity contribution in [2.24, 2.45) is 17.3 Å². The van der Waals surface area contributed by atoms with Crippen molar-refractivity contribution in [1.29, 1.82) is 0 Å². The van der Waals surface area contributed by atoms with E-state index in [0.29, 0.717) is 37.0 Å². The standard InChI is InChI=1S/C20H32O5/c1-14(18(22)23-3)13-16(21)7-5-15-6-8-17-19(15,2)9-4-10-20(17)24-11-12-25-20/h15-17,21H,1,4-13H2,2-3H3. The van der Waals surface area contributed by atoms with Gasteiger partial charge in [0.15, 0.2) is 5.79 Å². The number of hydrogen-bond acceptors (Lipinski definition) is 5. The van der Waals surface area contributed by atoms with Gasteiger partial charge in [0.2, 0.25) is 0 Å². The van der Waals surface area contributed by atoms with Crippen molar-refractivity contribution in [2.45, 2.75) is 70.2 Å². The van der Waals surface area contributed by atoms with Crippen molar-refractivity contribution in [3.63, 3.8) is 0 Å². The fourth-order valence-electron chi connectivity index (χ4n) is 5.60. The molecule has 1 N–H and O–H groups in total. The number of rotatable bonds is 6. The van der Waals surface area contributed by atoms with Gasteiger partial charge in [0, 0.05) is 24.3 Å². The Hall–Kier alpha value is -0.910. The Kier molecular flexibility index (Phi) is 5.57. The Morgan fingerprint density at radius 1 is 1.32 bits per heavy atom. The summed E-state index contributed by atoms with van der Waals surface area (Å²) in [6.07, 6.45) is 7.10. The molecule has 3 aliphatic rings. The SMILES string of the molecule is C=C(CC(O)CCC1CCC2C3(CCCC12C)OCCO3)C(=O)OC. The number of methoxy groups -OCH3 is 1. The second-order valence-corrected chi connectivity index (χ2v) is 8.23. The lowest BCUT2D eigenvalue weighted by atomic mass is 9.62. The summed E-state index contributed by atoms with van der Waals surface area (Å²) in [6.45, 7) is 7.52. The maximum Gasteiger partial charge on any atom is 0.333 e. The maximum absolute atomic E-state index is 11.4. The molecule has 0 bridgehead atoms. The van der Waals surface area contributed by atoms with Gasteiger partial charge in [-0.3, -0.25) is 0 Å². The molecule has 4 unspecified atom stereocenters. The number of hydrogen-bond donors (Lipinski definition) is 1. The van der Waals surface area contributed by atoms with Crippen molar-refractivity contribution in [3.8, 4) is 0 Å². The number of ether oxygens (including phenoxy) is 3. The Morgan fingerprint density at radius 3 is 2.72 bits per heavy atom. The Balaban J connectivity index is 1.57. The summed E-state index contributed by atoms with van der Waals surface area (Å²) in [7, 11) is 1.34. The molecule has 0 aromatic rings. The van der Waals surface area contributed by atoms with E-state index in [-0.39, 0.29) is 17.6 Å². The molecule has 5 nitrogen and oxygen atoms in total. The second-order valence-electron chi connectivity index (χ2n) is 8.23. The van der Waals surface area contributed by atoms with Crippen molar-refractivity contribution >= 4 is 5.97 Å². The summed E-state index contributed by atoms with van der Waals surface area (Å²) in [5.41, 5.74) is 0.566. The molecule has 3 fully saturated rings. The van der Waals surface area contributed by atoms with Crippen molar-refractivity contribution in [3.05, 3.63) is 12.2 Å². The average molecular weight is 352 g/mol. The van der Waals surface area contributed by atoms with Gasteiger partial charge in [0.1, 0.15) is 0 Å². The molecule has 1 spiro atoms. The van der Waals surface area contributed by atoms with E-state index in [1.54, 1.807) is 0 Å². The molecular weight excluding hydrogens is 320 g/mol. The summed E-state index contributed by atoms with van der Waals surface area (Å²) in [5, 5.41) is 10.3. The van der Waals surface area contributed by atoms with Crippen LogP contribution in [0.4, 0.5) is 0 Å². The van der Waals surface area contributed by atoms with Crippen LogP contribution in [0.2, 0.25) is 0 Å². The van der Waals surface area contributed by atoms with Crippen LogP contribution in [0.5, 0.6) is 0 Å². The third kappa shape index (κ3) is 3.51. The Bertz CT molecular complexity index is 510. The second kappa shape index (κ2) is 7.37. The minimum atomic E-state index is -0.536. The first kappa shape index (κ1) is 18.9. The highest BCUT2D eigenvalue weighted by atomic mass is 16.7. The molecule has 142 valence electrons. The van der Waals surface area contributed by atoms with Crippen LogP contribution in [-0.2, 0) is 19.0 Å². The number of aliphatic hydroxyl groups is 1. The van der Waals surface area contributed by atoms with E-state index in [1.807, 2.05) is 0 Å². The molecular formula is C20H32O5. The lowest BCUT2D eigenvalue weighted by molar-refractivity contribution is -0.240. The molecule has 3 rings (SSSR count). The summed E-state index contributed by atoms with van der Waals surface area (Å²) in [4.78, 5) is 11.4. The number of aliphatic hydroxyl groups excluding tert-OH is 1. The average Bonchev–Trinajstić information content (AvgIpc) is 3.18. The van der Waals surface area contributed by atoms with E-state index in [2.05, 4.69) is 18.2 Å². The molecule has 0 radical (unpaired) electrons. The third-order valence-corrected chi connectivity index (χ3v) is 6.88. The highest BCUT2D eigenvalue weighted by Crippen LogP contribution is 2.61. The molecule has 0 aromatic heterocycles. The van der Waals surface area contributed by atoms with Gasteiger partial charge in [-0.1, -0.05) is 13.5 Å². The van der Waals surface area contributed by atoms with Gasteiger partial charge in [0.05, 0.1) is 26.4 Å². The van der Waals surface area contributed by atoms with E-state index < -0.39 is 12.1 Å². The van der Waals surface area contributed by atoms with Crippen LogP contribution >= 0.6 is 0 Å². The zero-order chi connectivity index (χ0) is 18.1. The van der Waals surface area contributed by atoms with E-state index in [0.717, 1.165) is 25.7 Å². The van der Waals surface area contributed by atoms with Gasteiger partial charge in [-0.15, -0.1) is 0 Å². The van der Waals surface area contributed by atoms with E-state index in [4.69, 9.17) is 9.47 Å². The number of fused-ring (bicyclic) bond motifs is 2. The van der Waals surface area contributed by atoms with Crippen LogP contribution in [0, 0.1) is 17.3 Å². The molecule has 0 aromatic carbocycles. The first-order valence-corrected chi connectivity index (χ1v) is 9.63. The fraction of sp³-hybridized carbons (Fsp3) is 0.850. The van der Waals surface area contributed by atoms with Crippen LogP contribution in [-0.4, -0.2) is 43.3 Å². The van der Waals surface area contributed by atoms with Crippen molar-refractivity contribution in [1.82, 2.24) is 0 Å². The van der Waals surface area contributed by atoms with Crippen LogP contribution in [0.3, 0.4) is 0 Å². The molecule has 2 aliphatic carbocycles. The van der Waals surface area contributed by atoms with Crippen LogP contribution in [0.15, 0.2) is 12.2 Å². The first-order chi connectivity index (χ1) is 11.9. The smallest absolute Gasteiger partial charge is 0.333 e. The fourth-order valence-corrected chi connectivity index (χ4v) is 5.60. The highest BCUT2D eigenvalue weighted by Gasteiger charge is 2.60. The lowest BCUT2D eigenvalue weighted by Gasteiger charge is -2.49. The van der Waals surface area contributed by atoms with Crippen LogP contribution < -0.4 is 0 Å². The van der Waals surface area contributed by atoms with E-state index in [9.17, 15) is 9.90 Å². The molecule has 25 heavy (non-hydrogen) atoms. The van der Waals surface area contributed by atoms with E-state index >= 15 is 0 Å². The van der Waals surface area contributed by atoms with Crippen molar-refractivity contribution in [2.75, 3.05) is 20.3 Å². The monoisotopic (exact) mass is 352 g/mol. The summed E-state index contributed by atoms with van der Waals surface area (Å²) >= 11 is 0. The van der Waals surface area contributed by atoms with Gasteiger partial charge in [-0.05, 0) is 49.9 Å². The minimum Gasteiger partial charge on any atom is -0.466 e. The minimum absolute atomic E-state index is 0.224. The van der Waals surface area contributed by atoms with Crippen LogP contribution in [0.1, 0.15) is 58.3 Å². The highest BCUT2D eigenvalue weighted by molar-refractivity contribution is 5.87. The molecule has 1 saturated heterocycles. The van der Waals surface area contributed by atoms with Gasteiger partial charge in [-0.2, -0.15) is 0 Å². The predicted molar refractivity (Wildman–Crippen MR) is 93.8 cm³/mol. The van der Waals surface area contributed by atoms with Gasteiger partial charge in [0.25, 0.3) is 0 Å². The predicted octanol–water partition coefficient (Wildman–Crippen LogP) is 3.21. The van der Waals surface area contributed by atoms with Gasteiger partial charge >= 0.3 is 5.97 Å². The molecule has 0 amide bonds.